The molecule has 3 aliphatic rings. The number of allylic oxidation sites excluding steroid dienone is 4. The predicted molar refractivity (Wildman–Crippen MR) is 162 cm³/mol. The molecule has 2 aliphatic carbocycles. The summed E-state index contributed by atoms with van der Waals surface area (Å²) >= 11 is 0. The van der Waals surface area contributed by atoms with Crippen LogP contribution in [0.3, 0.4) is 0 Å². The van der Waals surface area contributed by atoms with Crippen LogP contribution in [0.2, 0.25) is 0 Å². The fourth-order valence-corrected chi connectivity index (χ4v) is 7.59. The van der Waals surface area contributed by atoms with Crippen LogP contribution >= 0.6 is 0 Å². The van der Waals surface area contributed by atoms with Crippen molar-refractivity contribution >= 4 is 38.9 Å². The zero-order valence-corrected chi connectivity index (χ0v) is 25.9. The fourth-order valence-electron chi connectivity index (χ4n) is 7.05. The molecule has 218 valence electrons. The minimum absolute atomic E-state index is 0.175. The molecule has 1 amide bonds. The number of nitrogens with zero attached hydrogens (tertiary/aromatic N) is 2. The highest BCUT2D eigenvalue weighted by molar-refractivity contribution is 7.87. The maximum Gasteiger partial charge on any atom is 0.303 e. The molecule has 8 heteroatoms. The van der Waals surface area contributed by atoms with Crippen LogP contribution in [0, 0.1) is 17.3 Å². The molecule has 1 aliphatic heterocycles. The van der Waals surface area contributed by atoms with Crippen LogP contribution in [-0.4, -0.2) is 43.6 Å². The number of carbonyl (C=O) groups is 2. The quantitative estimate of drug-likeness (QED) is 0.406. The Hall–Kier alpha value is -2.71. The molecule has 2 fully saturated rings. The molecule has 1 aromatic carbocycles. The molecule has 1 aromatic heterocycles. The van der Waals surface area contributed by atoms with E-state index in [1.165, 1.54) is 55.8 Å². The van der Waals surface area contributed by atoms with Gasteiger partial charge in [-0.2, -0.15) is 12.7 Å². The first kappa shape index (κ1) is 30.3. The molecule has 0 radical (unpaired) electrons. The molecule has 40 heavy (non-hydrogen) atoms. The molecule has 0 saturated heterocycles. The Bertz CT molecular complexity index is 1460. The number of amides is 1. The third kappa shape index (κ3) is 4.87. The third-order valence-electron chi connectivity index (χ3n) is 9.17. The van der Waals surface area contributed by atoms with Crippen LogP contribution in [0.5, 0.6) is 0 Å². The van der Waals surface area contributed by atoms with Gasteiger partial charge in [-0.15, -0.1) is 0 Å². The highest BCUT2D eigenvalue weighted by Crippen LogP contribution is 2.66. The standard InChI is InChI=1S/C30H39N3O4S.C2H6/c1-6-11-23-22(7-2)27-19(3)30(27,18-34)17-33-25-16-21(29(35)31-38(36,37)32(4)5)14-15-24(25)26(28(23)33)20-12-9-8-10-13-20;1-2/h7,11,14-16,18-20,27H,6,8-10,12-13,17H2,1-5H3,(H,31,35);1-2H3/b22-7+,23-11+;/t19-,27?,30?;/m0./s1. The highest BCUT2D eigenvalue weighted by atomic mass is 32.2. The van der Waals surface area contributed by atoms with E-state index >= 15 is 0 Å². The number of nitrogens with one attached hydrogen (secondary N) is 1. The highest BCUT2D eigenvalue weighted by Gasteiger charge is 2.65. The van der Waals surface area contributed by atoms with Crippen LogP contribution < -0.4 is 4.72 Å². The first-order valence-corrected chi connectivity index (χ1v) is 16.3. The summed E-state index contributed by atoms with van der Waals surface area (Å²) in [6.07, 6.45) is 12.4. The lowest BCUT2D eigenvalue weighted by molar-refractivity contribution is -0.113. The number of fused-ring (bicyclic) bond motifs is 4. The van der Waals surface area contributed by atoms with Crippen molar-refractivity contribution in [2.45, 2.75) is 85.6 Å². The molecule has 7 nitrogen and oxygen atoms in total. The molecule has 1 N–H and O–H groups in total. The summed E-state index contributed by atoms with van der Waals surface area (Å²) in [5, 5.41) is 1.10. The second-order valence-corrected chi connectivity index (χ2v) is 13.3. The smallest absolute Gasteiger partial charge is 0.303 e. The monoisotopic (exact) mass is 567 g/mol. The minimum Gasteiger partial charge on any atom is -0.339 e. The number of aldehydes is 1. The van der Waals surface area contributed by atoms with E-state index < -0.39 is 21.5 Å². The van der Waals surface area contributed by atoms with Gasteiger partial charge in [0.05, 0.1) is 11.1 Å². The summed E-state index contributed by atoms with van der Waals surface area (Å²) in [4.78, 5) is 25.7. The Morgan fingerprint density at radius 3 is 2.42 bits per heavy atom. The van der Waals surface area contributed by atoms with Crippen LogP contribution in [0.25, 0.3) is 16.5 Å². The van der Waals surface area contributed by atoms with Crippen molar-refractivity contribution in [1.29, 1.82) is 0 Å². The van der Waals surface area contributed by atoms with E-state index in [0.717, 1.165) is 40.8 Å². The van der Waals surface area contributed by atoms with Gasteiger partial charge in [0.15, 0.2) is 0 Å². The van der Waals surface area contributed by atoms with E-state index in [-0.39, 0.29) is 17.4 Å². The van der Waals surface area contributed by atoms with Crippen LogP contribution in [0.1, 0.15) is 101 Å². The molecular formula is C32H45N3O4S. The lowest BCUT2D eigenvalue weighted by Gasteiger charge is -2.25. The SMILES string of the molecule is C/C=C1\C(=C/CC)c2c(C3CCCCC3)c3ccc(C(=O)NS(=O)(=O)N(C)C)cc3n2CC2(C=O)C1[C@@H]2C.CC. The molecule has 2 saturated carbocycles. The molecule has 3 atom stereocenters. The van der Waals surface area contributed by atoms with E-state index in [1.807, 2.05) is 26.0 Å². The molecule has 2 heterocycles. The Balaban J connectivity index is 0.00000181. The van der Waals surface area contributed by atoms with Crippen molar-refractivity contribution in [3.63, 3.8) is 0 Å². The Kier molecular flexibility index (Phi) is 8.81. The van der Waals surface area contributed by atoms with E-state index in [1.54, 1.807) is 6.07 Å². The van der Waals surface area contributed by atoms with Crippen molar-refractivity contribution in [3.8, 4) is 0 Å². The average molecular weight is 568 g/mol. The van der Waals surface area contributed by atoms with Crippen LogP contribution in [0.4, 0.5) is 0 Å². The van der Waals surface area contributed by atoms with Gasteiger partial charge in [0, 0.05) is 43.0 Å². The van der Waals surface area contributed by atoms with Gasteiger partial charge in [-0.1, -0.05) is 65.2 Å². The number of benzene rings is 1. The Labute approximate surface area is 239 Å². The largest absolute Gasteiger partial charge is 0.339 e. The first-order chi connectivity index (χ1) is 19.1. The van der Waals surface area contributed by atoms with Gasteiger partial charge < -0.3 is 9.36 Å². The van der Waals surface area contributed by atoms with E-state index in [2.05, 4.69) is 42.2 Å². The zero-order chi connectivity index (χ0) is 29.4. The van der Waals surface area contributed by atoms with E-state index in [4.69, 9.17) is 0 Å². The van der Waals surface area contributed by atoms with Crippen molar-refractivity contribution < 1.29 is 18.0 Å². The maximum absolute atomic E-state index is 13.1. The van der Waals surface area contributed by atoms with Gasteiger partial charge in [-0.05, 0) is 66.9 Å². The number of hydrogen-bond acceptors (Lipinski definition) is 4. The van der Waals surface area contributed by atoms with Crippen LogP contribution in [-0.2, 0) is 21.5 Å². The topological polar surface area (TPSA) is 88.5 Å². The maximum atomic E-state index is 13.1. The molecule has 2 unspecified atom stereocenters. The summed E-state index contributed by atoms with van der Waals surface area (Å²) in [6, 6.07) is 5.53. The lowest BCUT2D eigenvalue weighted by atomic mass is 9.80. The Morgan fingerprint density at radius 1 is 1.18 bits per heavy atom. The lowest BCUT2D eigenvalue weighted by Crippen LogP contribution is -2.39. The first-order valence-electron chi connectivity index (χ1n) is 14.8. The molecule has 5 rings (SSSR count). The zero-order valence-electron chi connectivity index (χ0n) is 25.1. The summed E-state index contributed by atoms with van der Waals surface area (Å²) in [5.41, 5.74) is 5.67. The number of carbonyl (C=O) groups excluding carboxylic acids is 2. The van der Waals surface area contributed by atoms with Gasteiger partial charge in [-0.3, -0.25) is 4.79 Å². The van der Waals surface area contributed by atoms with Gasteiger partial charge in [-0.25, -0.2) is 4.72 Å². The molecule has 2 aromatic rings. The summed E-state index contributed by atoms with van der Waals surface area (Å²) in [7, 11) is -1.15. The number of rotatable bonds is 6. The van der Waals surface area contributed by atoms with Crippen LogP contribution in [0.15, 0.2) is 35.9 Å². The van der Waals surface area contributed by atoms with Crippen molar-refractivity contribution in [2.24, 2.45) is 17.3 Å². The molecule has 0 spiro atoms. The normalized spacial score (nSPS) is 26.6. The van der Waals surface area contributed by atoms with Gasteiger partial charge in [0.25, 0.3) is 5.91 Å². The predicted octanol–water partition coefficient (Wildman–Crippen LogP) is 6.46. The Morgan fingerprint density at radius 2 is 1.85 bits per heavy atom. The fraction of sp³-hybridized carbons (Fsp3) is 0.562. The second-order valence-electron chi connectivity index (χ2n) is 11.4. The number of hydrogen-bond donors (Lipinski definition) is 1. The van der Waals surface area contributed by atoms with Gasteiger partial charge in [0.2, 0.25) is 0 Å². The van der Waals surface area contributed by atoms with E-state index in [0.29, 0.717) is 12.5 Å². The van der Waals surface area contributed by atoms with E-state index in [9.17, 15) is 18.0 Å². The summed E-state index contributed by atoms with van der Waals surface area (Å²) in [5.74, 6) is 0.152. The average Bonchev–Trinajstić information content (AvgIpc) is 3.43. The number of aromatic nitrogens is 1. The minimum atomic E-state index is -3.92. The third-order valence-corrected chi connectivity index (χ3v) is 10.6. The second kappa shape index (κ2) is 11.6. The van der Waals surface area contributed by atoms with Crippen molar-refractivity contribution in [3.05, 3.63) is 52.7 Å². The van der Waals surface area contributed by atoms with Gasteiger partial charge in [0.1, 0.15) is 6.29 Å². The summed E-state index contributed by atoms with van der Waals surface area (Å²) in [6.45, 7) is 10.9. The molecule has 0 bridgehead atoms. The van der Waals surface area contributed by atoms with Crippen molar-refractivity contribution in [2.75, 3.05) is 14.1 Å². The summed E-state index contributed by atoms with van der Waals surface area (Å²) < 4.78 is 30.1. The molecular weight excluding hydrogens is 522 g/mol. The van der Waals surface area contributed by atoms with Gasteiger partial charge >= 0.3 is 10.2 Å². The van der Waals surface area contributed by atoms with Crippen molar-refractivity contribution in [1.82, 2.24) is 13.6 Å².